The lowest BCUT2D eigenvalue weighted by Crippen LogP contribution is -2.13. The molecule has 0 bridgehead atoms. The monoisotopic (exact) mass is 370 g/mol. The average Bonchev–Trinajstić information content (AvgIpc) is 2.41. The smallest absolute Gasteiger partial charge is 0.255 e. The molecule has 0 atom stereocenters. The Hall–Kier alpha value is -1.59. The molecule has 0 aliphatic heterocycles. The summed E-state index contributed by atoms with van der Waals surface area (Å²) in [6.07, 6.45) is 0. The van der Waals surface area contributed by atoms with Crippen molar-refractivity contribution >= 4 is 44.8 Å². The predicted molar refractivity (Wildman–Crippen MR) is 87.8 cm³/mol. The Labute approximate surface area is 135 Å². The summed E-state index contributed by atoms with van der Waals surface area (Å²) >= 11 is 9.19. The molecule has 0 saturated heterocycles. The van der Waals surface area contributed by atoms with Gasteiger partial charge in [-0.3, -0.25) is 4.79 Å². The van der Waals surface area contributed by atoms with Gasteiger partial charge in [0, 0.05) is 25.3 Å². The molecule has 0 aliphatic carbocycles. The van der Waals surface area contributed by atoms with Gasteiger partial charge in [-0.25, -0.2) is 4.39 Å². The van der Waals surface area contributed by atoms with E-state index in [-0.39, 0.29) is 5.56 Å². The SMILES string of the molecule is CN(C)c1ccc(NC(=O)c2ccc(Br)c(F)c2)cc1Cl. The molecule has 21 heavy (non-hydrogen) atoms. The number of carbonyl (C=O) groups excluding carboxylic acids is 1. The Bertz CT molecular complexity index is 691. The molecule has 0 radical (unpaired) electrons. The van der Waals surface area contributed by atoms with E-state index in [1.165, 1.54) is 18.2 Å². The molecule has 0 saturated carbocycles. The summed E-state index contributed by atoms with van der Waals surface area (Å²) in [5, 5.41) is 3.22. The molecule has 2 aromatic rings. The Morgan fingerprint density at radius 1 is 1.24 bits per heavy atom. The van der Waals surface area contributed by atoms with E-state index in [0.29, 0.717) is 15.2 Å². The number of nitrogens with one attached hydrogen (secondary N) is 1. The minimum atomic E-state index is -0.483. The van der Waals surface area contributed by atoms with E-state index < -0.39 is 11.7 Å². The lowest BCUT2D eigenvalue weighted by Gasteiger charge is -2.15. The molecule has 0 heterocycles. The van der Waals surface area contributed by atoms with Gasteiger partial charge in [0.25, 0.3) is 5.91 Å². The van der Waals surface area contributed by atoms with Crippen LogP contribution in [0.1, 0.15) is 10.4 Å². The standard InChI is InChI=1S/C15H13BrClFN2O/c1-20(2)14-6-4-10(8-12(14)17)19-15(21)9-3-5-11(16)13(18)7-9/h3-8H,1-2H3,(H,19,21). The van der Waals surface area contributed by atoms with Gasteiger partial charge >= 0.3 is 0 Å². The molecule has 0 fully saturated rings. The average molecular weight is 372 g/mol. The molecule has 2 rings (SSSR count). The summed E-state index contributed by atoms with van der Waals surface area (Å²) in [6.45, 7) is 0. The summed E-state index contributed by atoms with van der Waals surface area (Å²) in [4.78, 5) is 13.9. The van der Waals surface area contributed by atoms with Crippen molar-refractivity contribution in [2.75, 3.05) is 24.3 Å². The van der Waals surface area contributed by atoms with Gasteiger partial charge in [0.2, 0.25) is 0 Å². The number of rotatable bonds is 3. The van der Waals surface area contributed by atoms with Gasteiger partial charge in [-0.1, -0.05) is 11.6 Å². The number of hydrogen-bond acceptors (Lipinski definition) is 2. The summed E-state index contributed by atoms with van der Waals surface area (Å²) < 4.78 is 13.7. The molecular weight excluding hydrogens is 359 g/mol. The second kappa shape index (κ2) is 6.45. The lowest BCUT2D eigenvalue weighted by atomic mass is 10.2. The van der Waals surface area contributed by atoms with Gasteiger partial charge in [0.15, 0.2) is 0 Å². The normalized spacial score (nSPS) is 10.3. The van der Waals surface area contributed by atoms with Gasteiger partial charge in [0.1, 0.15) is 5.82 Å². The minimum absolute atomic E-state index is 0.239. The molecule has 1 amide bonds. The van der Waals surface area contributed by atoms with E-state index >= 15 is 0 Å². The molecule has 6 heteroatoms. The van der Waals surface area contributed by atoms with Crippen LogP contribution in [0, 0.1) is 5.82 Å². The third-order valence-electron chi connectivity index (χ3n) is 2.87. The second-order valence-electron chi connectivity index (χ2n) is 4.64. The largest absolute Gasteiger partial charge is 0.376 e. The van der Waals surface area contributed by atoms with Crippen molar-refractivity contribution in [1.82, 2.24) is 0 Å². The Balaban J connectivity index is 2.19. The van der Waals surface area contributed by atoms with E-state index in [1.54, 1.807) is 18.2 Å². The number of halogens is 3. The third kappa shape index (κ3) is 3.74. The van der Waals surface area contributed by atoms with Crippen molar-refractivity contribution in [1.29, 1.82) is 0 Å². The maximum absolute atomic E-state index is 13.4. The van der Waals surface area contributed by atoms with E-state index in [2.05, 4.69) is 21.2 Å². The van der Waals surface area contributed by atoms with Crippen molar-refractivity contribution in [3.8, 4) is 0 Å². The molecular formula is C15H13BrClFN2O. The molecule has 0 aromatic heterocycles. The van der Waals surface area contributed by atoms with Crippen molar-refractivity contribution in [2.24, 2.45) is 0 Å². The molecule has 1 N–H and O–H groups in total. The first-order valence-corrected chi connectivity index (χ1v) is 7.29. The van der Waals surface area contributed by atoms with Crippen LogP contribution in [0.4, 0.5) is 15.8 Å². The molecule has 110 valence electrons. The lowest BCUT2D eigenvalue weighted by molar-refractivity contribution is 0.102. The van der Waals surface area contributed by atoms with E-state index in [9.17, 15) is 9.18 Å². The number of amides is 1. The Morgan fingerprint density at radius 2 is 1.95 bits per heavy atom. The third-order valence-corrected chi connectivity index (χ3v) is 3.81. The minimum Gasteiger partial charge on any atom is -0.376 e. The van der Waals surface area contributed by atoms with E-state index in [1.807, 2.05) is 19.0 Å². The van der Waals surface area contributed by atoms with Crippen LogP contribution in [0.25, 0.3) is 0 Å². The highest BCUT2D eigenvalue weighted by Gasteiger charge is 2.10. The van der Waals surface area contributed by atoms with Crippen LogP contribution in [0.15, 0.2) is 40.9 Å². The predicted octanol–water partition coefficient (Wildman–Crippen LogP) is 4.56. The van der Waals surface area contributed by atoms with E-state index in [0.717, 1.165) is 5.69 Å². The number of carbonyl (C=O) groups is 1. The van der Waals surface area contributed by atoms with Gasteiger partial charge in [-0.2, -0.15) is 0 Å². The summed E-state index contributed by atoms with van der Waals surface area (Å²) in [5.74, 6) is -0.876. The van der Waals surface area contributed by atoms with Crippen LogP contribution in [0.2, 0.25) is 5.02 Å². The summed E-state index contributed by atoms with van der Waals surface area (Å²) in [5.41, 5.74) is 1.65. The van der Waals surface area contributed by atoms with Gasteiger partial charge in [-0.15, -0.1) is 0 Å². The fourth-order valence-electron chi connectivity index (χ4n) is 1.79. The van der Waals surface area contributed by atoms with Crippen molar-refractivity contribution < 1.29 is 9.18 Å². The van der Waals surface area contributed by atoms with Crippen LogP contribution >= 0.6 is 27.5 Å². The van der Waals surface area contributed by atoms with Crippen LogP contribution in [0.3, 0.4) is 0 Å². The zero-order valence-corrected chi connectivity index (χ0v) is 13.8. The number of hydrogen-bond donors (Lipinski definition) is 1. The maximum Gasteiger partial charge on any atom is 0.255 e. The summed E-state index contributed by atoms with van der Waals surface area (Å²) in [7, 11) is 3.76. The first-order valence-electron chi connectivity index (χ1n) is 6.12. The molecule has 0 aliphatic rings. The summed E-state index contributed by atoms with van der Waals surface area (Å²) in [6, 6.07) is 9.41. The molecule has 0 unspecified atom stereocenters. The zero-order valence-electron chi connectivity index (χ0n) is 11.5. The van der Waals surface area contributed by atoms with Crippen molar-refractivity contribution in [2.45, 2.75) is 0 Å². The first-order chi connectivity index (χ1) is 9.88. The highest BCUT2D eigenvalue weighted by molar-refractivity contribution is 9.10. The van der Waals surface area contributed by atoms with Gasteiger partial charge in [-0.05, 0) is 52.3 Å². The second-order valence-corrected chi connectivity index (χ2v) is 5.91. The number of benzene rings is 2. The van der Waals surface area contributed by atoms with Crippen LogP contribution in [0.5, 0.6) is 0 Å². The van der Waals surface area contributed by atoms with Gasteiger partial charge in [0.05, 0.1) is 15.2 Å². The zero-order chi connectivity index (χ0) is 15.6. The number of anilines is 2. The first kappa shape index (κ1) is 15.8. The molecule has 2 aromatic carbocycles. The Kier molecular flexibility index (Phi) is 4.85. The quantitative estimate of drug-likeness (QED) is 0.858. The van der Waals surface area contributed by atoms with E-state index in [4.69, 9.17) is 11.6 Å². The fourth-order valence-corrected chi connectivity index (χ4v) is 2.38. The molecule has 0 spiro atoms. The van der Waals surface area contributed by atoms with Gasteiger partial charge < -0.3 is 10.2 Å². The van der Waals surface area contributed by atoms with Crippen LogP contribution in [-0.4, -0.2) is 20.0 Å². The highest BCUT2D eigenvalue weighted by Crippen LogP contribution is 2.27. The topological polar surface area (TPSA) is 32.3 Å². The van der Waals surface area contributed by atoms with Crippen LogP contribution < -0.4 is 10.2 Å². The fraction of sp³-hybridized carbons (Fsp3) is 0.133. The molecule has 3 nitrogen and oxygen atoms in total. The van der Waals surface area contributed by atoms with Crippen molar-refractivity contribution in [3.63, 3.8) is 0 Å². The Morgan fingerprint density at radius 3 is 2.52 bits per heavy atom. The maximum atomic E-state index is 13.4. The number of nitrogens with zero attached hydrogens (tertiary/aromatic N) is 1. The highest BCUT2D eigenvalue weighted by atomic mass is 79.9. The van der Waals surface area contributed by atoms with Crippen molar-refractivity contribution in [3.05, 3.63) is 57.3 Å². The van der Waals surface area contributed by atoms with Crippen LogP contribution in [-0.2, 0) is 0 Å².